The number of hydrogen-bond acceptors (Lipinski definition) is 1. The van der Waals surface area contributed by atoms with E-state index in [0.29, 0.717) is 0 Å². The molecule has 2 aliphatic heterocycles. The van der Waals surface area contributed by atoms with Crippen LogP contribution >= 0.6 is 0 Å². The van der Waals surface area contributed by atoms with Crippen molar-refractivity contribution in [3.63, 3.8) is 0 Å². The van der Waals surface area contributed by atoms with E-state index in [0.717, 1.165) is 23.9 Å². The van der Waals surface area contributed by atoms with Crippen molar-refractivity contribution in [2.24, 2.45) is 11.8 Å². The van der Waals surface area contributed by atoms with E-state index in [9.17, 15) is 0 Å². The van der Waals surface area contributed by atoms with E-state index >= 15 is 0 Å². The molecule has 4 unspecified atom stereocenters. The Kier molecular flexibility index (Phi) is 1.18. The molecule has 0 aromatic heterocycles. The van der Waals surface area contributed by atoms with Gasteiger partial charge >= 0.3 is 0 Å². The van der Waals surface area contributed by atoms with E-state index < -0.39 is 0 Å². The van der Waals surface area contributed by atoms with Crippen LogP contribution in [0, 0.1) is 11.8 Å². The number of fused-ring (bicyclic) bond motifs is 3. The van der Waals surface area contributed by atoms with Gasteiger partial charge in [0.2, 0.25) is 0 Å². The summed E-state index contributed by atoms with van der Waals surface area (Å²) in [4.78, 5) is 2.78. The van der Waals surface area contributed by atoms with Crippen LogP contribution in [0.2, 0.25) is 0 Å². The molecular formula is C10H17N. The fraction of sp³-hybridized carbons (Fsp3) is 1.00. The lowest BCUT2D eigenvalue weighted by atomic mass is 9.96. The number of nitrogens with zero attached hydrogens (tertiary/aromatic N) is 1. The van der Waals surface area contributed by atoms with Gasteiger partial charge in [-0.2, -0.15) is 0 Å². The molecule has 0 amide bonds. The van der Waals surface area contributed by atoms with Gasteiger partial charge in [0.1, 0.15) is 0 Å². The average molecular weight is 151 g/mol. The van der Waals surface area contributed by atoms with E-state index in [-0.39, 0.29) is 0 Å². The lowest BCUT2D eigenvalue weighted by Crippen LogP contribution is -2.43. The molecule has 0 aromatic rings. The molecule has 3 aliphatic rings. The summed E-state index contributed by atoms with van der Waals surface area (Å²) in [7, 11) is 0. The Labute approximate surface area is 68.8 Å². The number of piperidine rings is 2. The molecule has 0 N–H and O–H groups in total. The van der Waals surface area contributed by atoms with Crippen LogP contribution in [0.15, 0.2) is 0 Å². The Morgan fingerprint density at radius 1 is 1.27 bits per heavy atom. The topological polar surface area (TPSA) is 3.24 Å². The molecule has 0 spiro atoms. The molecule has 2 heterocycles. The van der Waals surface area contributed by atoms with Crippen molar-refractivity contribution in [2.45, 2.75) is 44.7 Å². The van der Waals surface area contributed by atoms with Gasteiger partial charge in [-0.3, -0.25) is 4.90 Å². The van der Waals surface area contributed by atoms with Crippen molar-refractivity contribution in [1.82, 2.24) is 4.90 Å². The highest BCUT2D eigenvalue weighted by molar-refractivity contribution is 5.06. The number of rotatable bonds is 0. The molecule has 62 valence electrons. The van der Waals surface area contributed by atoms with Crippen molar-refractivity contribution in [1.29, 1.82) is 0 Å². The third-order valence-corrected chi connectivity index (χ3v) is 4.03. The maximum absolute atomic E-state index is 2.78. The highest BCUT2D eigenvalue weighted by Gasteiger charge is 2.53. The highest BCUT2D eigenvalue weighted by Crippen LogP contribution is 2.53. The Morgan fingerprint density at radius 3 is 3.00 bits per heavy atom. The van der Waals surface area contributed by atoms with E-state index in [2.05, 4.69) is 11.8 Å². The first-order valence-corrected chi connectivity index (χ1v) is 5.12. The lowest BCUT2D eigenvalue weighted by molar-refractivity contribution is 0.111. The molecule has 3 fully saturated rings. The fourth-order valence-corrected chi connectivity index (χ4v) is 3.28. The molecule has 1 nitrogen and oxygen atoms in total. The van der Waals surface area contributed by atoms with Crippen LogP contribution in [0.1, 0.15) is 32.6 Å². The SMILES string of the molecule is CC1CCCC2C3CC3CN12. The predicted molar refractivity (Wildman–Crippen MR) is 45.4 cm³/mol. The highest BCUT2D eigenvalue weighted by atomic mass is 15.2. The number of hydrogen-bond donors (Lipinski definition) is 0. The Bertz CT molecular complexity index is 178. The first-order chi connectivity index (χ1) is 5.36. The zero-order valence-corrected chi connectivity index (χ0v) is 7.29. The Hall–Kier alpha value is -0.0400. The van der Waals surface area contributed by atoms with Gasteiger partial charge in [0.25, 0.3) is 0 Å². The van der Waals surface area contributed by atoms with Crippen LogP contribution in [-0.4, -0.2) is 23.5 Å². The lowest BCUT2D eigenvalue weighted by Gasteiger charge is -2.37. The predicted octanol–water partition coefficient (Wildman–Crippen LogP) is 1.88. The molecule has 3 rings (SSSR count). The van der Waals surface area contributed by atoms with E-state index in [4.69, 9.17) is 0 Å². The molecule has 11 heavy (non-hydrogen) atoms. The van der Waals surface area contributed by atoms with Gasteiger partial charge in [-0.1, -0.05) is 6.42 Å². The summed E-state index contributed by atoms with van der Waals surface area (Å²) in [6, 6.07) is 1.92. The largest absolute Gasteiger partial charge is 0.297 e. The van der Waals surface area contributed by atoms with Gasteiger partial charge in [-0.05, 0) is 38.0 Å². The van der Waals surface area contributed by atoms with Gasteiger partial charge in [0.05, 0.1) is 0 Å². The first-order valence-electron chi connectivity index (χ1n) is 5.12. The molecule has 4 atom stereocenters. The zero-order valence-electron chi connectivity index (χ0n) is 7.29. The second-order valence-electron chi connectivity index (χ2n) is 4.70. The van der Waals surface area contributed by atoms with Crippen LogP contribution in [0.4, 0.5) is 0 Å². The molecule has 1 heteroatoms. The first kappa shape index (κ1) is 6.47. The molecule has 0 bridgehead atoms. The second-order valence-corrected chi connectivity index (χ2v) is 4.70. The van der Waals surface area contributed by atoms with Gasteiger partial charge in [-0.15, -0.1) is 0 Å². The van der Waals surface area contributed by atoms with Gasteiger partial charge in [0.15, 0.2) is 0 Å². The third kappa shape index (κ3) is 0.807. The van der Waals surface area contributed by atoms with Gasteiger partial charge in [0, 0.05) is 18.6 Å². The van der Waals surface area contributed by atoms with Crippen molar-refractivity contribution in [2.75, 3.05) is 6.54 Å². The van der Waals surface area contributed by atoms with E-state index in [1.807, 2.05) is 0 Å². The van der Waals surface area contributed by atoms with Crippen molar-refractivity contribution in [3.05, 3.63) is 0 Å². The summed E-state index contributed by atoms with van der Waals surface area (Å²) in [6.07, 6.45) is 6.01. The summed E-state index contributed by atoms with van der Waals surface area (Å²) in [5, 5.41) is 0. The van der Waals surface area contributed by atoms with Crippen LogP contribution in [-0.2, 0) is 0 Å². The van der Waals surface area contributed by atoms with Crippen LogP contribution in [0.25, 0.3) is 0 Å². The van der Waals surface area contributed by atoms with Crippen molar-refractivity contribution in [3.8, 4) is 0 Å². The minimum atomic E-state index is 0.904. The van der Waals surface area contributed by atoms with E-state index in [1.165, 1.54) is 25.8 Å². The maximum Gasteiger partial charge on any atom is 0.0130 e. The maximum atomic E-state index is 2.78. The minimum Gasteiger partial charge on any atom is -0.297 e. The van der Waals surface area contributed by atoms with Crippen LogP contribution < -0.4 is 0 Å². The zero-order chi connectivity index (χ0) is 7.42. The third-order valence-electron chi connectivity index (χ3n) is 4.03. The standard InChI is InChI=1S/C10H17N/c1-7-3-2-4-10-9-5-8(9)6-11(7)10/h7-10H,2-6H2,1H3. The summed E-state index contributed by atoms with van der Waals surface area (Å²) in [5.74, 6) is 2.26. The Balaban J connectivity index is 1.81. The van der Waals surface area contributed by atoms with Gasteiger partial charge < -0.3 is 0 Å². The molecule has 0 radical (unpaired) electrons. The molecule has 1 saturated carbocycles. The van der Waals surface area contributed by atoms with Crippen molar-refractivity contribution >= 4 is 0 Å². The monoisotopic (exact) mass is 151 g/mol. The second kappa shape index (κ2) is 2.01. The molecule has 1 aliphatic carbocycles. The summed E-state index contributed by atoms with van der Waals surface area (Å²) in [5.41, 5.74) is 0. The van der Waals surface area contributed by atoms with E-state index in [1.54, 1.807) is 6.42 Å². The average Bonchev–Trinajstić information content (AvgIpc) is 2.67. The Morgan fingerprint density at radius 2 is 2.18 bits per heavy atom. The normalized spacial score (nSPS) is 55.4. The molecule has 0 aromatic carbocycles. The van der Waals surface area contributed by atoms with Crippen LogP contribution in [0.3, 0.4) is 0 Å². The molecule has 2 saturated heterocycles. The summed E-state index contributed by atoms with van der Waals surface area (Å²) in [6.45, 7) is 3.85. The fourth-order valence-electron chi connectivity index (χ4n) is 3.28. The van der Waals surface area contributed by atoms with Crippen LogP contribution in [0.5, 0.6) is 0 Å². The summed E-state index contributed by atoms with van der Waals surface area (Å²) >= 11 is 0. The minimum absolute atomic E-state index is 0.904. The van der Waals surface area contributed by atoms with Gasteiger partial charge in [-0.25, -0.2) is 0 Å². The smallest absolute Gasteiger partial charge is 0.0130 e. The molecular weight excluding hydrogens is 134 g/mol. The van der Waals surface area contributed by atoms with Crippen molar-refractivity contribution < 1.29 is 0 Å². The quantitative estimate of drug-likeness (QED) is 0.511. The summed E-state index contributed by atoms with van der Waals surface area (Å²) < 4.78 is 0.